The van der Waals surface area contributed by atoms with Crippen LogP contribution in [0.1, 0.15) is 38.7 Å². The molecular formula is C28H34N6O4S. The molecule has 0 unspecified atom stereocenters. The van der Waals surface area contributed by atoms with Crippen molar-refractivity contribution in [1.29, 1.82) is 0 Å². The van der Waals surface area contributed by atoms with E-state index in [0.29, 0.717) is 42.0 Å². The lowest BCUT2D eigenvalue weighted by atomic mass is 9.99. The van der Waals surface area contributed by atoms with Crippen molar-refractivity contribution < 1.29 is 13.2 Å². The minimum Gasteiger partial charge on any atom is -0.387 e. The quantitative estimate of drug-likeness (QED) is 0.354. The average molecular weight is 551 g/mol. The number of benzene rings is 2. The van der Waals surface area contributed by atoms with E-state index in [2.05, 4.69) is 23.6 Å². The van der Waals surface area contributed by atoms with Crippen molar-refractivity contribution in [3.05, 3.63) is 70.2 Å². The van der Waals surface area contributed by atoms with Gasteiger partial charge in [-0.25, -0.2) is 14.9 Å². The summed E-state index contributed by atoms with van der Waals surface area (Å²) in [7, 11) is -3.82. The minimum atomic E-state index is -3.82. The number of amidine groups is 1. The SMILES string of the molecule is CCCN(CCC)C(=O)C1=Cc2ccc(-c3ccc4c(=O)n(CCNS(N)(=O)=O)ccc4c3)cc2N=C(N)C1. The van der Waals surface area contributed by atoms with E-state index >= 15 is 0 Å². The number of aromatic nitrogens is 1. The molecule has 206 valence electrons. The number of hydrogen-bond donors (Lipinski definition) is 3. The smallest absolute Gasteiger partial charge is 0.274 e. The second kappa shape index (κ2) is 11.9. The molecule has 0 saturated carbocycles. The predicted molar refractivity (Wildman–Crippen MR) is 156 cm³/mol. The molecule has 2 heterocycles. The van der Waals surface area contributed by atoms with Gasteiger partial charge >= 0.3 is 0 Å². The Balaban J connectivity index is 1.63. The van der Waals surface area contributed by atoms with Gasteiger partial charge in [0.25, 0.3) is 15.8 Å². The van der Waals surface area contributed by atoms with Crippen LogP contribution in [0.15, 0.2) is 64.0 Å². The molecule has 0 radical (unpaired) electrons. The first kappa shape index (κ1) is 28.2. The Hall–Kier alpha value is -3.80. The van der Waals surface area contributed by atoms with Gasteiger partial charge in [-0.2, -0.15) is 8.42 Å². The van der Waals surface area contributed by atoms with Gasteiger partial charge < -0.3 is 15.2 Å². The second-order valence-corrected chi connectivity index (χ2v) is 10.9. The highest BCUT2D eigenvalue weighted by Crippen LogP contribution is 2.33. The van der Waals surface area contributed by atoms with Crippen LogP contribution in [-0.2, 0) is 21.5 Å². The molecule has 0 aliphatic carbocycles. The Labute approximate surface area is 228 Å². The monoisotopic (exact) mass is 550 g/mol. The molecule has 0 bridgehead atoms. The van der Waals surface area contributed by atoms with E-state index in [-0.39, 0.29) is 24.6 Å². The summed E-state index contributed by atoms with van der Waals surface area (Å²) in [6.45, 7) is 5.69. The molecule has 39 heavy (non-hydrogen) atoms. The van der Waals surface area contributed by atoms with Crippen molar-refractivity contribution in [2.24, 2.45) is 15.9 Å². The van der Waals surface area contributed by atoms with Gasteiger partial charge in [0.05, 0.1) is 5.69 Å². The van der Waals surface area contributed by atoms with Crippen molar-refractivity contribution in [1.82, 2.24) is 14.2 Å². The molecule has 11 heteroatoms. The standard InChI is InChI=1S/C28H34N6O4S/c1-3-11-33(12-4-2)27(35)23-16-22-6-5-20(17-25(22)32-26(29)18-23)19-7-8-24-21(15-19)9-13-34(28(24)36)14-10-31-39(30,37)38/h5-9,13,15-17,31H,3-4,10-12,14,18H2,1-2H3,(H2,29,32)(H2,30,37,38). The van der Waals surface area contributed by atoms with Crippen LogP contribution in [0.4, 0.5) is 5.69 Å². The highest BCUT2D eigenvalue weighted by molar-refractivity contribution is 7.87. The summed E-state index contributed by atoms with van der Waals surface area (Å²) in [4.78, 5) is 32.6. The Kier molecular flexibility index (Phi) is 8.63. The molecular weight excluding hydrogens is 516 g/mol. The lowest BCUT2D eigenvalue weighted by Gasteiger charge is -2.22. The van der Waals surface area contributed by atoms with E-state index in [4.69, 9.17) is 10.9 Å². The van der Waals surface area contributed by atoms with E-state index in [1.54, 1.807) is 12.3 Å². The van der Waals surface area contributed by atoms with Crippen LogP contribution in [-0.4, -0.2) is 49.3 Å². The first-order valence-electron chi connectivity index (χ1n) is 13.0. The number of fused-ring (bicyclic) bond motifs is 2. The topological polar surface area (TPSA) is 153 Å². The van der Waals surface area contributed by atoms with Gasteiger partial charge in [-0.1, -0.05) is 32.0 Å². The zero-order chi connectivity index (χ0) is 28.2. The van der Waals surface area contributed by atoms with Gasteiger partial charge in [0.1, 0.15) is 5.84 Å². The van der Waals surface area contributed by atoms with Gasteiger partial charge in [-0.05, 0) is 59.7 Å². The summed E-state index contributed by atoms with van der Waals surface area (Å²) in [5.41, 5.74) is 9.95. The number of nitrogens with two attached hydrogens (primary N) is 2. The zero-order valence-electron chi connectivity index (χ0n) is 22.2. The van der Waals surface area contributed by atoms with Gasteiger partial charge in [-0.15, -0.1) is 0 Å². The fraction of sp³-hybridized carbons (Fsp3) is 0.321. The first-order valence-corrected chi connectivity index (χ1v) is 14.5. The normalized spacial score (nSPS) is 13.4. The Bertz CT molecular complexity index is 1620. The fourth-order valence-corrected chi connectivity index (χ4v) is 5.09. The van der Waals surface area contributed by atoms with Crippen molar-refractivity contribution in [3.63, 3.8) is 0 Å². The minimum absolute atomic E-state index is 0.00519. The van der Waals surface area contributed by atoms with Crippen LogP contribution in [0.5, 0.6) is 0 Å². The van der Waals surface area contributed by atoms with Crippen LogP contribution >= 0.6 is 0 Å². The molecule has 1 aliphatic heterocycles. The summed E-state index contributed by atoms with van der Waals surface area (Å²) in [5, 5.41) is 6.22. The molecule has 3 aromatic rings. The number of carbonyl (C=O) groups excluding carboxylic acids is 1. The number of nitrogens with one attached hydrogen (secondary N) is 1. The van der Waals surface area contributed by atoms with E-state index in [9.17, 15) is 18.0 Å². The molecule has 0 fully saturated rings. The third-order valence-electron chi connectivity index (χ3n) is 6.51. The molecule has 1 amide bonds. The van der Waals surface area contributed by atoms with Crippen molar-refractivity contribution in [2.75, 3.05) is 19.6 Å². The molecule has 4 rings (SSSR count). The van der Waals surface area contributed by atoms with E-state index in [0.717, 1.165) is 34.9 Å². The van der Waals surface area contributed by atoms with Gasteiger partial charge in [0.15, 0.2) is 0 Å². The Morgan fingerprint density at radius 3 is 2.46 bits per heavy atom. The number of amides is 1. The average Bonchev–Trinajstić information content (AvgIpc) is 3.06. The number of pyridine rings is 1. The summed E-state index contributed by atoms with van der Waals surface area (Å²) in [5.74, 6) is 0.379. The van der Waals surface area contributed by atoms with E-state index < -0.39 is 10.2 Å². The number of rotatable bonds is 10. The Morgan fingerprint density at radius 1 is 1.08 bits per heavy atom. The molecule has 1 aromatic heterocycles. The van der Waals surface area contributed by atoms with Crippen LogP contribution in [0.25, 0.3) is 28.0 Å². The van der Waals surface area contributed by atoms with E-state index in [1.165, 1.54) is 4.57 Å². The summed E-state index contributed by atoms with van der Waals surface area (Å²) in [6.07, 6.45) is 5.58. The van der Waals surface area contributed by atoms with Crippen LogP contribution in [0, 0.1) is 0 Å². The highest BCUT2D eigenvalue weighted by Gasteiger charge is 2.21. The second-order valence-electron chi connectivity index (χ2n) is 9.57. The highest BCUT2D eigenvalue weighted by atomic mass is 32.2. The first-order chi connectivity index (χ1) is 18.6. The maximum absolute atomic E-state index is 13.2. The van der Waals surface area contributed by atoms with Crippen LogP contribution in [0.3, 0.4) is 0 Å². The number of aliphatic imine (C=N–C) groups is 1. The third kappa shape index (κ3) is 6.80. The number of carbonyl (C=O) groups is 1. The maximum Gasteiger partial charge on any atom is 0.274 e. The molecule has 1 aliphatic rings. The maximum atomic E-state index is 13.2. The molecule has 0 saturated heterocycles. The largest absolute Gasteiger partial charge is 0.387 e. The zero-order valence-corrected chi connectivity index (χ0v) is 23.0. The number of nitrogens with zero attached hydrogens (tertiary/aromatic N) is 3. The van der Waals surface area contributed by atoms with Crippen molar-refractivity contribution in [2.45, 2.75) is 39.7 Å². The fourth-order valence-electron chi connectivity index (χ4n) is 4.72. The lowest BCUT2D eigenvalue weighted by molar-refractivity contribution is -0.127. The third-order valence-corrected chi connectivity index (χ3v) is 7.12. The van der Waals surface area contributed by atoms with Crippen LogP contribution < -0.4 is 21.2 Å². The predicted octanol–water partition coefficient (Wildman–Crippen LogP) is 2.89. The molecule has 0 spiro atoms. The van der Waals surface area contributed by atoms with Gasteiger partial charge in [0.2, 0.25) is 5.91 Å². The Morgan fingerprint density at radius 2 is 1.77 bits per heavy atom. The van der Waals surface area contributed by atoms with Crippen molar-refractivity contribution >= 4 is 44.5 Å². The van der Waals surface area contributed by atoms with Gasteiger partial charge in [0, 0.05) is 55.3 Å². The summed E-state index contributed by atoms with van der Waals surface area (Å²) < 4.78 is 25.8. The molecule has 10 nitrogen and oxygen atoms in total. The summed E-state index contributed by atoms with van der Waals surface area (Å²) in [6, 6.07) is 13.2. The number of hydrogen-bond acceptors (Lipinski definition) is 6. The van der Waals surface area contributed by atoms with Crippen LogP contribution in [0.2, 0.25) is 0 Å². The molecule has 0 atom stereocenters. The molecule has 2 aromatic carbocycles. The van der Waals surface area contributed by atoms with Crippen molar-refractivity contribution in [3.8, 4) is 11.1 Å². The molecule has 5 N–H and O–H groups in total. The summed E-state index contributed by atoms with van der Waals surface area (Å²) >= 11 is 0. The van der Waals surface area contributed by atoms with Gasteiger partial charge in [-0.3, -0.25) is 9.59 Å². The lowest BCUT2D eigenvalue weighted by Crippen LogP contribution is -2.35. The van der Waals surface area contributed by atoms with E-state index in [1.807, 2.05) is 47.4 Å².